The molecule has 0 saturated heterocycles. The van der Waals surface area contributed by atoms with E-state index in [-0.39, 0.29) is 0 Å². The molecule has 0 radical (unpaired) electrons. The van der Waals surface area contributed by atoms with E-state index in [9.17, 15) is 0 Å². The van der Waals surface area contributed by atoms with Crippen molar-refractivity contribution < 1.29 is 0 Å². The van der Waals surface area contributed by atoms with Gasteiger partial charge in [0.1, 0.15) is 17.0 Å². The molecule has 1 aliphatic rings. The SMILES string of the molecule is Cc1sc2ncnc(NCCCC3CC3)c2c1C. The van der Waals surface area contributed by atoms with Crippen LogP contribution in [0.4, 0.5) is 5.82 Å². The Hall–Kier alpha value is -1.16. The third-order valence-electron chi connectivity index (χ3n) is 3.74. The van der Waals surface area contributed by atoms with E-state index < -0.39 is 0 Å². The van der Waals surface area contributed by atoms with Crippen LogP contribution < -0.4 is 5.32 Å². The predicted molar refractivity (Wildman–Crippen MR) is 77.3 cm³/mol. The molecule has 0 atom stereocenters. The van der Waals surface area contributed by atoms with Crippen molar-refractivity contribution in [2.24, 2.45) is 5.92 Å². The fourth-order valence-corrected chi connectivity index (χ4v) is 3.32. The van der Waals surface area contributed by atoms with Crippen LogP contribution in [-0.2, 0) is 0 Å². The number of fused-ring (bicyclic) bond motifs is 1. The average molecular weight is 261 g/mol. The second kappa shape index (κ2) is 4.84. The quantitative estimate of drug-likeness (QED) is 0.829. The fraction of sp³-hybridized carbons (Fsp3) is 0.571. The number of hydrogen-bond donors (Lipinski definition) is 1. The van der Waals surface area contributed by atoms with Gasteiger partial charge in [0.2, 0.25) is 0 Å². The summed E-state index contributed by atoms with van der Waals surface area (Å²) in [6, 6.07) is 0. The highest BCUT2D eigenvalue weighted by Gasteiger charge is 2.20. The number of anilines is 1. The maximum atomic E-state index is 4.40. The van der Waals surface area contributed by atoms with E-state index in [1.165, 1.54) is 41.5 Å². The molecule has 1 aliphatic carbocycles. The first kappa shape index (κ1) is 11.9. The van der Waals surface area contributed by atoms with E-state index in [0.717, 1.165) is 23.1 Å². The summed E-state index contributed by atoms with van der Waals surface area (Å²) in [4.78, 5) is 11.2. The summed E-state index contributed by atoms with van der Waals surface area (Å²) >= 11 is 1.76. The molecule has 0 amide bonds. The third-order valence-corrected chi connectivity index (χ3v) is 4.86. The number of aromatic nitrogens is 2. The Balaban J connectivity index is 1.73. The van der Waals surface area contributed by atoms with E-state index in [2.05, 4.69) is 29.1 Å². The second-order valence-electron chi connectivity index (χ2n) is 5.20. The standard InChI is InChI=1S/C14H19N3S/c1-9-10(2)18-14-12(9)13(16-8-17-14)15-7-3-4-11-5-6-11/h8,11H,3-7H2,1-2H3,(H,15,16,17). The Morgan fingerprint density at radius 2 is 2.17 bits per heavy atom. The summed E-state index contributed by atoms with van der Waals surface area (Å²) < 4.78 is 0. The lowest BCUT2D eigenvalue weighted by Crippen LogP contribution is -2.04. The van der Waals surface area contributed by atoms with Gasteiger partial charge in [-0.25, -0.2) is 9.97 Å². The molecule has 0 bridgehead atoms. The molecule has 0 spiro atoms. The van der Waals surface area contributed by atoms with Gasteiger partial charge in [0.25, 0.3) is 0 Å². The minimum absolute atomic E-state index is 1.01. The predicted octanol–water partition coefficient (Wildman–Crippen LogP) is 3.91. The normalized spacial score (nSPS) is 15.2. The number of nitrogens with one attached hydrogen (secondary N) is 1. The van der Waals surface area contributed by atoms with Crippen molar-refractivity contribution in [1.82, 2.24) is 9.97 Å². The van der Waals surface area contributed by atoms with Crippen molar-refractivity contribution in [2.75, 3.05) is 11.9 Å². The maximum Gasteiger partial charge on any atom is 0.138 e. The largest absolute Gasteiger partial charge is 0.369 e. The summed E-state index contributed by atoms with van der Waals surface area (Å²) in [6.45, 7) is 5.34. The molecule has 18 heavy (non-hydrogen) atoms. The van der Waals surface area contributed by atoms with Gasteiger partial charge >= 0.3 is 0 Å². The van der Waals surface area contributed by atoms with Crippen LogP contribution in [0.5, 0.6) is 0 Å². The highest BCUT2D eigenvalue weighted by atomic mass is 32.1. The van der Waals surface area contributed by atoms with Crippen LogP contribution in [0.2, 0.25) is 0 Å². The van der Waals surface area contributed by atoms with Gasteiger partial charge in [0.05, 0.1) is 5.39 Å². The third kappa shape index (κ3) is 2.34. The Bertz CT molecular complexity index is 557. The highest BCUT2D eigenvalue weighted by Crippen LogP contribution is 2.34. The van der Waals surface area contributed by atoms with E-state index in [0.29, 0.717) is 0 Å². The minimum Gasteiger partial charge on any atom is -0.369 e. The van der Waals surface area contributed by atoms with Crippen molar-refractivity contribution in [2.45, 2.75) is 39.5 Å². The molecule has 1 saturated carbocycles. The molecule has 2 heterocycles. The smallest absolute Gasteiger partial charge is 0.138 e. The lowest BCUT2D eigenvalue weighted by Gasteiger charge is -2.06. The van der Waals surface area contributed by atoms with Gasteiger partial charge in [0, 0.05) is 11.4 Å². The molecule has 4 heteroatoms. The molecule has 3 nitrogen and oxygen atoms in total. The van der Waals surface area contributed by atoms with E-state index >= 15 is 0 Å². The molecule has 2 aromatic rings. The van der Waals surface area contributed by atoms with Gasteiger partial charge in [-0.2, -0.15) is 0 Å². The molecule has 3 rings (SSSR count). The molecule has 2 aromatic heterocycles. The number of nitrogens with zero attached hydrogens (tertiary/aromatic N) is 2. The summed E-state index contributed by atoms with van der Waals surface area (Å²) in [5.41, 5.74) is 1.32. The van der Waals surface area contributed by atoms with Crippen molar-refractivity contribution in [3.63, 3.8) is 0 Å². The van der Waals surface area contributed by atoms with Gasteiger partial charge in [-0.15, -0.1) is 11.3 Å². The fourth-order valence-electron chi connectivity index (χ4n) is 2.32. The van der Waals surface area contributed by atoms with Gasteiger partial charge < -0.3 is 5.32 Å². The molecular weight excluding hydrogens is 242 g/mol. The van der Waals surface area contributed by atoms with E-state index in [1.807, 2.05) is 0 Å². The van der Waals surface area contributed by atoms with Crippen LogP contribution in [0.25, 0.3) is 10.2 Å². The van der Waals surface area contributed by atoms with Crippen LogP contribution in [0.15, 0.2) is 6.33 Å². The Labute approximate surface area is 112 Å². The molecule has 1 N–H and O–H groups in total. The van der Waals surface area contributed by atoms with E-state index in [1.54, 1.807) is 17.7 Å². The monoisotopic (exact) mass is 261 g/mol. The number of rotatable bonds is 5. The van der Waals surface area contributed by atoms with Crippen LogP contribution >= 0.6 is 11.3 Å². The Kier molecular flexibility index (Phi) is 3.20. The zero-order valence-corrected chi connectivity index (χ0v) is 11.8. The molecule has 0 aromatic carbocycles. The topological polar surface area (TPSA) is 37.8 Å². The first-order valence-corrected chi connectivity index (χ1v) is 7.52. The number of hydrogen-bond acceptors (Lipinski definition) is 4. The highest BCUT2D eigenvalue weighted by molar-refractivity contribution is 7.18. The van der Waals surface area contributed by atoms with Crippen LogP contribution in [0, 0.1) is 19.8 Å². The summed E-state index contributed by atoms with van der Waals surface area (Å²) in [7, 11) is 0. The zero-order valence-electron chi connectivity index (χ0n) is 11.0. The van der Waals surface area contributed by atoms with Crippen LogP contribution in [0.3, 0.4) is 0 Å². The average Bonchev–Trinajstić information content (AvgIpc) is 3.13. The lowest BCUT2D eigenvalue weighted by molar-refractivity contribution is 0.687. The van der Waals surface area contributed by atoms with Crippen LogP contribution in [0.1, 0.15) is 36.1 Å². The molecule has 1 fully saturated rings. The first-order valence-electron chi connectivity index (χ1n) is 6.70. The number of thiophene rings is 1. The van der Waals surface area contributed by atoms with Gasteiger partial charge in [-0.3, -0.25) is 0 Å². The summed E-state index contributed by atoms with van der Waals surface area (Å²) in [5.74, 6) is 2.03. The van der Waals surface area contributed by atoms with Crippen molar-refractivity contribution >= 4 is 27.4 Å². The first-order chi connectivity index (χ1) is 8.75. The second-order valence-corrected chi connectivity index (χ2v) is 6.40. The minimum atomic E-state index is 1.01. The Morgan fingerprint density at radius 3 is 2.94 bits per heavy atom. The molecular formula is C14H19N3S. The Morgan fingerprint density at radius 1 is 1.33 bits per heavy atom. The molecule has 0 aliphatic heterocycles. The molecule has 96 valence electrons. The zero-order chi connectivity index (χ0) is 12.5. The van der Waals surface area contributed by atoms with Gasteiger partial charge in [-0.05, 0) is 38.2 Å². The van der Waals surface area contributed by atoms with Gasteiger partial charge in [0.15, 0.2) is 0 Å². The number of aryl methyl sites for hydroxylation is 2. The van der Waals surface area contributed by atoms with Gasteiger partial charge in [-0.1, -0.05) is 12.8 Å². The maximum absolute atomic E-state index is 4.40. The van der Waals surface area contributed by atoms with Crippen molar-refractivity contribution in [1.29, 1.82) is 0 Å². The van der Waals surface area contributed by atoms with Crippen molar-refractivity contribution in [3.8, 4) is 0 Å². The van der Waals surface area contributed by atoms with Crippen LogP contribution in [-0.4, -0.2) is 16.5 Å². The lowest BCUT2D eigenvalue weighted by atomic mass is 10.2. The van der Waals surface area contributed by atoms with E-state index in [4.69, 9.17) is 0 Å². The van der Waals surface area contributed by atoms with Crippen molar-refractivity contribution in [3.05, 3.63) is 16.8 Å². The molecule has 0 unspecified atom stereocenters. The summed E-state index contributed by atoms with van der Waals surface area (Å²) in [6.07, 6.45) is 7.17. The summed E-state index contributed by atoms with van der Waals surface area (Å²) in [5, 5.41) is 4.69.